The Morgan fingerprint density at radius 1 is 0.857 bits per heavy atom. The second-order valence-electron chi connectivity index (χ2n) is 9.53. The summed E-state index contributed by atoms with van der Waals surface area (Å²) < 4.78 is 22.6. The molecule has 12 heteroatoms. The molecule has 0 amide bonds. The molecule has 42 heavy (non-hydrogen) atoms. The van der Waals surface area contributed by atoms with Crippen LogP contribution >= 0.6 is 0 Å². The topological polar surface area (TPSA) is 196 Å². The smallest absolute Gasteiger partial charge is 0.330 e. The van der Waals surface area contributed by atoms with E-state index in [0.717, 1.165) is 18.2 Å². The number of hydrogen-bond acceptors (Lipinski definition) is 12. The van der Waals surface area contributed by atoms with Crippen molar-refractivity contribution in [1.82, 2.24) is 0 Å². The zero-order valence-corrected chi connectivity index (χ0v) is 21.7. The predicted molar refractivity (Wildman–Crippen MR) is 146 cm³/mol. The first kappa shape index (κ1) is 28.6. The van der Waals surface area contributed by atoms with Crippen LogP contribution in [-0.2, 0) is 14.3 Å². The molecule has 2 heterocycles. The van der Waals surface area contributed by atoms with Crippen molar-refractivity contribution in [1.29, 1.82) is 0 Å². The summed E-state index contributed by atoms with van der Waals surface area (Å²) in [6, 6.07) is 15.3. The summed E-state index contributed by atoms with van der Waals surface area (Å²) in [6.45, 7) is -0.510. The van der Waals surface area contributed by atoms with E-state index in [9.17, 15) is 40.2 Å². The Morgan fingerprint density at radius 2 is 1.52 bits per heavy atom. The number of esters is 1. The minimum Gasteiger partial charge on any atom is -0.508 e. The molecule has 0 saturated carbocycles. The van der Waals surface area contributed by atoms with Gasteiger partial charge in [0.05, 0.1) is 5.56 Å². The highest BCUT2D eigenvalue weighted by molar-refractivity contribution is 5.87. The Bertz CT molecular complexity index is 1610. The van der Waals surface area contributed by atoms with Crippen LogP contribution in [0.3, 0.4) is 0 Å². The molecule has 5 rings (SSSR count). The van der Waals surface area contributed by atoms with Crippen molar-refractivity contribution in [3.63, 3.8) is 0 Å². The normalized spacial score (nSPS) is 22.3. The van der Waals surface area contributed by atoms with Gasteiger partial charge in [-0.15, -0.1) is 0 Å². The van der Waals surface area contributed by atoms with Gasteiger partial charge in [-0.1, -0.05) is 12.1 Å². The summed E-state index contributed by atoms with van der Waals surface area (Å²) >= 11 is 0. The van der Waals surface area contributed by atoms with E-state index >= 15 is 0 Å². The van der Waals surface area contributed by atoms with Gasteiger partial charge in [0, 0.05) is 23.8 Å². The highest BCUT2D eigenvalue weighted by Crippen LogP contribution is 2.41. The number of fused-ring (bicyclic) bond motifs is 1. The molecule has 1 saturated heterocycles. The lowest BCUT2D eigenvalue weighted by molar-refractivity contribution is -0.278. The van der Waals surface area contributed by atoms with Crippen LogP contribution in [0.5, 0.6) is 23.0 Å². The molecule has 3 aliphatic rings. The van der Waals surface area contributed by atoms with Crippen LogP contribution in [0.25, 0.3) is 28.7 Å². The lowest BCUT2D eigenvalue weighted by atomic mass is 9.99. The van der Waals surface area contributed by atoms with Crippen LogP contribution in [0.1, 0.15) is 5.56 Å². The number of aromatic hydroxyl groups is 3. The summed E-state index contributed by atoms with van der Waals surface area (Å²) in [5.41, 5.74) is 0.599. The highest BCUT2D eigenvalue weighted by Gasteiger charge is 2.46. The highest BCUT2D eigenvalue weighted by atomic mass is 16.7. The zero-order valence-electron chi connectivity index (χ0n) is 21.7. The molecule has 0 aromatic heterocycles. The number of aliphatic hydroxyl groups is 3. The van der Waals surface area contributed by atoms with E-state index in [1.165, 1.54) is 48.5 Å². The average molecular weight is 579 g/mol. The number of carbonyl (C=O) groups is 1. The number of hydrogen-bond donors (Lipinski definition) is 6. The van der Waals surface area contributed by atoms with Gasteiger partial charge in [0.25, 0.3) is 0 Å². The van der Waals surface area contributed by atoms with E-state index in [0.29, 0.717) is 11.1 Å². The van der Waals surface area contributed by atoms with Crippen molar-refractivity contribution in [2.45, 2.75) is 30.7 Å². The van der Waals surface area contributed by atoms with Crippen molar-refractivity contribution in [2.24, 2.45) is 0 Å². The first-order valence-corrected chi connectivity index (χ1v) is 12.7. The van der Waals surface area contributed by atoms with Gasteiger partial charge >= 0.3 is 5.97 Å². The molecule has 0 spiro atoms. The maximum absolute atomic E-state index is 12.2. The number of phenolic OH excluding ortho intramolecular Hbond substituents is 3. The van der Waals surface area contributed by atoms with Crippen LogP contribution in [0.4, 0.5) is 0 Å². The number of aliphatic hydroxyl groups excluding tert-OH is 3. The molecule has 2 aliphatic heterocycles. The van der Waals surface area contributed by atoms with Gasteiger partial charge in [0.1, 0.15) is 54.0 Å². The monoisotopic (exact) mass is 578 g/mol. The number of carbonyl (C=O) groups excluding carboxylic acids is 1. The maximum Gasteiger partial charge on any atom is 0.330 e. The average Bonchev–Trinajstić information content (AvgIpc) is 2.97. The van der Waals surface area contributed by atoms with Crippen LogP contribution < -0.4 is 10.2 Å². The molecular formula is C30H26O12. The van der Waals surface area contributed by atoms with Crippen LogP contribution in [0, 0.1) is 0 Å². The Balaban J connectivity index is 1.38. The summed E-state index contributed by atoms with van der Waals surface area (Å²) in [5.74, 6) is -1.16. The third-order valence-electron chi connectivity index (χ3n) is 6.54. The Kier molecular flexibility index (Phi) is 8.13. The molecule has 12 nitrogen and oxygen atoms in total. The van der Waals surface area contributed by atoms with Crippen molar-refractivity contribution in [3.8, 4) is 45.6 Å². The Hall–Kier alpha value is -4.88. The lowest BCUT2D eigenvalue weighted by Crippen LogP contribution is -2.60. The van der Waals surface area contributed by atoms with Gasteiger partial charge in [-0.3, -0.25) is 4.79 Å². The van der Waals surface area contributed by atoms with Gasteiger partial charge in [-0.25, -0.2) is 4.79 Å². The number of benzene rings is 3. The predicted octanol–water partition coefficient (Wildman–Crippen LogP) is 1.97. The molecule has 5 unspecified atom stereocenters. The second kappa shape index (κ2) is 11.9. The van der Waals surface area contributed by atoms with Gasteiger partial charge < -0.3 is 49.3 Å². The molecule has 0 bridgehead atoms. The molecule has 1 aliphatic carbocycles. The van der Waals surface area contributed by atoms with Crippen molar-refractivity contribution in [3.05, 3.63) is 88.6 Å². The second-order valence-corrected chi connectivity index (χ2v) is 9.53. The van der Waals surface area contributed by atoms with Gasteiger partial charge in [0.2, 0.25) is 6.29 Å². The van der Waals surface area contributed by atoms with E-state index in [1.807, 2.05) is 0 Å². The standard InChI is InChI=1S/C30H26O12/c31-17-6-1-15(2-7-17)3-10-25(35)39-14-24-26(36)27(37)28(38)30(42-24)41-23-13-20-21(34)11-19(33)12-22(20)40-29(23)16-4-8-18(32)9-5-16/h1-13,24,26-28,30-32,34,36-38H,14H2. The summed E-state index contributed by atoms with van der Waals surface area (Å²) in [5, 5.41) is 61.0. The summed E-state index contributed by atoms with van der Waals surface area (Å²) in [4.78, 5) is 24.2. The van der Waals surface area contributed by atoms with E-state index in [4.69, 9.17) is 18.6 Å². The molecule has 1 fully saturated rings. The van der Waals surface area contributed by atoms with Crippen molar-refractivity contribution >= 4 is 12.0 Å². The molecule has 218 valence electrons. The third-order valence-corrected chi connectivity index (χ3v) is 6.54. The fraction of sp³-hybridized carbons (Fsp3) is 0.200. The van der Waals surface area contributed by atoms with Crippen molar-refractivity contribution in [2.75, 3.05) is 6.61 Å². The van der Waals surface area contributed by atoms with E-state index in [2.05, 4.69) is 0 Å². The SMILES string of the molecule is O=C(C=Cc1ccc(O)cc1)OCC1OC(Oc2cc3c(O)cc(=O)cc-3oc2-c2ccc(O)cc2)C(O)C(O)C1O. The Labute approximate surface area is 237 Å². The third kappa shape index (κ3) is 6.21. The van der Waals surface area contributed by atoms with Gasteiger partial charge in [-0.05, 0) is 54.1 Å². The number of ether oxygens (including phenoxy) is 3. The van der Waals surface area contributed by atoms with E-state index in [1.54, 1.807) is 12.1 Å². The number of rotatable bonds is 7. The first-order valence-electron chi connectivity index (χ1n) is 12.7. The van der Waals surface area contributed by atoms with E-state index in [-0.39, 0.29) is 34.3 Å². The first-order chi connectivity index (χ1) is 20.1. The lowest BCUT2D eigenvalue weighted by Gasteiger charge is -2.40. The molecule has 0 radical (unpaired) electrons. The van der Waals surface area contributed by atoms with Gasteiger partial charge in [-0.2, -0.15) is 0 Å². The summed E-state index contributed by atoms with van der Waals surface area (Å²) in [6.07, 6.45) is -5.51. The zero-order chi connectivity index (χ0) is 30.0. The van der Waals surface area contributed by atoms with E-state index < -0.39 is 54.5 Å². The summed E-state index contributed by atoms with van der Waals surface area (Å²) in [7, 11) is 0. The van der Waals surface area contributed by atoms with Gasteiger partial charge in [0.15, 0.2) is 16.9 Å². The molecule has 5 atom stereocenters. The fourth-order valence-corrected chi connectivity index (χ4v) is 4.31. The molecule has 2 aromatic carbocycles. The quantitative estimate of drug-likeness (QED) is 0.138. The van der Waals surface area contributed by atoms with Crippen LogP contribution in [0.15, 0.2) is 82.0 Å². The van der Waals surface area contributed by atoms with Crippen LogP contribution in [0.2, 0.25) is 0 Å². The maximum atomic E-state index is 12.2. The molecular weight excluding hydrogens is 552 g/mol. The molecule has 2 aromatic rings. The fourth-order valence-electron chi connectivity index (χ4n) is 4.31. The Morgan fingerprint density at radius 3 is 2.21 bits per heavy atom. The minimum atomic E-state index is -1.76. The largest absolute Gasteiger partial charge is 0.508 e. The van der Waals surface area contributed by atoms with Crippen LogP contribution in [-0.4, -0.2) is 73.9 Å². The van der Waals surface area contributed by atoms with Crippen molar-refractivity contribution < 1.29 is 54.1 Å². The number of phenols is 3. The minimum absolute atomic E-state index is 0.0278. The molecule has 6 N–H and O–H groups in total.